The molecule has 2 amide bonds. The summed E-state index contributed by atoms with van der Waals surface area (Å²) in [5, 5.41) is 5.29. The molecule has 0 heterocycles. The molecule has 0 aliphatic heterocycles. The van der Waals surface area contributed by atoms with Crippen LogP contribution in [-0.2, 0) is 9.59 Å². The first-order valence-electron chi connectivity index (χ1n) is 7.40. The van der Waals surface area contributed by atoms with Crippen molar-refractivity contribution >= 4 is 17.5 Å². The SMILES string of the molecule is Cc1ccc(NC(=O)CCNC(=O)C2CCCC2)c(F)c1. The molecule has 114 valence electrons. The zero-order valence-electron chi connectivity index (χ0n) is 12.2. The van der Waals surface area contributed by atoms with Gasteiger partial charge >= 0.3 is 0 Å². The van der Waals surface area contributed by atoms with Crippen LogP contribution < -0.4 is 10.6 Å². The summed E-state index contributed by atoms with van der Waals surface area (Å²) < 4.78 is 13.6. The first-order chi connectivity index (χ1) is 10.1. The van der Waals surface area contributed by atoms with Crippen molar-refractivity contribution in [3.8, 4) is 0 Å². The molecule has 1 aliphatic rings. The number of benzene rings is 1. The van der Waals surface area contributed by atoms with E-state index in [9.17, 15) is 14.0 Å². The summed E-state index contributed by atoms with van der Waals surface area (Å²) in [6, 6.07) is 4.65. The minimum absolute atomic E-state index is 0.0295. The maximum atomic E-state index is 13.6. The van der Waals surface area contributed by atoms with Gasteiger partial charge in [-0.2, -0.15) is 0 Å². The van der Waals surface area contributed by atoms with Crippen molar-refractivity contribution in [3.05, 3.63) is 29.6 Å². The van der Waals surface area contributed by atoms with E-state index in [1.54, 1.807) is 19.1 Å². The topological polar surface area (TPSA) is 58.2 Å². The molecule has 5 heteroatoms. The van der Waals surface area contributed by atoms with Crippen LogP contribution in [0.1, 0.15) is 37.7 Å². The Balaban J connectivity index is 1.73. The van der Waals surface area contributed by atoms with Gasteiger partial charge in [0.05, 0.1) is 5.69 Å². The number of halogens is 1. The Kier molecular flexibility index (Phi) is 5.31. The van der Waals surface area contributed by atoms with Crippen LogP contribution in [0.5, 0.6) is 0 Å². The minimum atomic E-state index is -0.446. The molecule has 0 unspecified atom stereocenters. The van der Waals surface area contributed by atoms with Crippen LogP contribution in [0.4, 0.5) is 10.1 Å². The lowest BCUT2D eigenvalue weighted by molar-refractivity contribution is -0.124. The minimum Gasteiger partial charge on any atom is -0.355 e. The highest BCUT2D eigenvalue weighted by Gasteiger charge is 2.22. The smallest absolute Gasteiger partial charge is 0.226 e. The van der Waals surface area contributed by atoms with Crippen molar-refractivity contribution in [2.75, 3.05) is 11.9 Å². The van der Waals surface area contributed by atoms with E-state index in [0.29, 0.717) is 0 Å². The Hall–Kier alpha value is -1.91. The van der Waals surface area contributed by atoms with E-state index in [1.807, 2.05) is 0 Å². The van der Waals surface area contributed by atoms with Crippen LogP contribution in [0.15, 0.2) is 18.2 Å². The monoisotopic (exact) mass is 292 g/mol. The average molecular weight is 292 g/mol. The molecule has 21 heavy (non-hydrogen) atoms. The molecular weight excluding hydrogens is 271 g/mol. The van der Waals surface area contributed by atoms with Gasteiger partial charge in [-0.15, -0.1) is 0 Å². The molecule has 0 saturated heterocycles. The van der Waals surface area contributed by atoms with Crippen LogP contribution in [0.2, 0.25) is 0 Å². The van der Waals surface area contributed by atoms with Gasteiger partial charge in [0.25, 0.3) is 0 Å². The summed E-state index contributed by atoms with van der Waals surface area (Å²) in [5.41, 5.74) is 0.974. The van der Waals surface area contributed by atoms with E-state index in [4.69, 9.17) is 0 Å². The lowest BCUT2D eigenvalue weighted by Gasteiger charge is -2.10. The standard InChI is InChI=1S/C16H21FN2O2/c1-11-6-7-14(13(17)10-11)19-15(20)8-9-18-16(21)12-4-2-3-5-12/h6-7,10,12H,2-5,8-9H2,1H3,(H,18,21)(H,19,20). The van der Waals surface area contributed by atoms with Crippen molar-refractivity contribution < 1.29 is 14.0 Å². The molecule has 1 fully saturated rings. The fourth-order valence-electron chi connectivity index (χ4n) is 2.57. The largest absolute Gasteiger partial charge is 0.355 e. The molecule has 0 bridgehead atoms. The van der Waals surface area contributed by atoms with Crippen molar-refractivity contribution in [1.29, 1.82) is 0 Å². The highest BCUT2D eigenvalue weighted by molar-refractivity contribution is 5.91. The molecule has 2 rings (SSSR count). The van der Waals surface area contributed by atoms with Crippen molar-refractivity contribution in [2.45, 2.75) is 39.0 Å². The number of carbonyl (C=O) groups excluding carboxylic acids is 2. The maximum absolute atomic E-state index is 13.6. The molecular formula is C16H21FN2O2. The quantitative estimate of drug-likeness (QED) is 0.876. The Labute approximate surface area is 124 Å². The predicted molar refractivity (Wildman–Crippen MR) is 79.4 cm³/mol. The number of aryl methyl sites for hydroxylation is 1. The Bertz CT molecular complexity index is 525. The number of anilines is 1. The third-order valence-electron chi connectivity index (χ3n) is 3.78. The van der Waals surface area contributed by atoms with E-state index in [2.05, 4.69) is 10.6 Å². The lowest BCUT2D eigenvalue weighted by atomic mass is 10.1. The Morgan fingerprint density at radius 1 is 1.29 bits per heavy atom. The van der Waals surface area contributed by atoms with Crippen LogP contribution in [0, 0.1) is 18.7 Å². The molecule has 0 radical (unpaired) electrons. The molecule has 4 nitrogen and oxygen atoms in total. The second-order valence-electron chi connectivity index (χ2n) is 5.55. The van der Waals surface area contributed by atoms with E-state index >= 15 is 0 Å². The first-order valence-corrected chi connectivity index (χ1v) is 7.40. The van der Waals surface area contributed by atoms with Gasteiger partial charge in [0, 0.05) is 18.9 Å². The fourth-order valence-corrected chi connectivity index (χ4v) is 2.57. The average Bonchev–Trinajstić information content (AvgIpc) is 2.96. The molecule has 1 saturated carbocycles. The lowest BCUT2D eigenvalue weighted by Crippen LogP contribution is -2.32. The molecule has 1 aromatic rings. The molecule has 0 aromatic heterocycles. The number of hydrogen-bond acceptors (Lipinski definition) is 2. The number of nitrogens with one attached hydrogen (secondary N) is 2. The molecule has 2 N–H and O–H groups in total. The predicted octanol–water partition coefficient (Wildman–Crippen LogP) is 2.77. The van der Waals surface area contributed by atoms with Crippen molar-refractivity contribution in [2.24, 2.45) is 5.92 Å². The maximum Gasteiger partial charge on any atom is 0.226 e. The van der Waals surface area contributed by atoms with E-state index in [0.717, 1.165) is 31.2 Å². The van der Waals surface area contributed by atoms with Crippen LogP contribution >= 0.6 is 0 Å². The highest BCUT2D eigenvalue weighted by Crippen LogP contribution is 2.24. The summed E-state index contributed by atoms with van der Waals surface area (Å²) in [6.07, 6.45) is 4.22. The first kappa shape index (κ1) is 15.5. The van der Waals surface area contributed by atoms with Gasteiger partial charge in [-0.1, -0.05) is 18.9 Å². The fraction of sp³-hybridized carbons (Fsp3) is 0.500. The van der Waals surface area contributed by atoms with Crippen LogP contribution in [-0.4, -0.2) is 18.4 Å². The van der Waals surface area contributed by atoms with Gasteiger partial charge in [0.2, 0.25) is 11.8 Å². The van der Waals surface area contributed by atoms with E-state index in [1.165, 1.54) is 6.07 Å². The summed E-state index contributed by atoms with van der Waals surface area (Å²) in [7, 11) is 0. The van der Waals surface area contributed by atoms with Gasteiger partial charge in [0.1, 0.15) is 5.82 Å². The second-order valence-corrected chi connectivity index (χ2v) is 5.55. The van der Waals surface area contributed by atoms with E-state index < -0.39 is 5.82 Å². The molecule has 0 atom stereocenters. The van der Waals surface area contributed by atoms with Gasteiger partial charge in [-0.25, -0.2) is 4.39 Å². The Morgan fingerprint density at radius 2 is 2.00 bits per heavy atom. The van der Waals surface area contributed by atoms with Crippen LogP contribution in [0.25, 0.3) is 0 Å². The van der Waals surface area contributed by atoms with Crippen LogP contribution in [0.3, 0.4) is 0 Å². The number of carbonyl (C=O) groups is 2. The second kappa shape index (κ2) is 7.20. The van der Waals surface area contributed by atoms with E-state index in [-0.39, 0.29) is 36.4 Å². The summed E-state index contributed by atoms with van der Waals surface area (Å²) >= 11 is 0. The summed E-state index contributed by atoms with van der Waals surface area (Å²) in [4.78, 5) is 23.5. The molecule has 0 spiro atoms. The molecule has 1 aromatic carbocycles. The highest BCUT2D eigenvalue weighted by atomic mass is 19.1. The van der Waals surface area contributed by atoms with Gasteiger partial charge in [0.15, 0.2) is 0 Å². The zero-order chi connectivity index (χ0) is 15.2. The van der Waals surface area contributed by atoms with Crippen molar-refractivity contribution in [1.82, 2.24) is 5.32 Å². The van der Waals surface area contributed by atoms with Gasteiger partial charge in [-0.3, -0.25) is 9.59 Å². The summed E-state index contributed by atoms with van der Waals surface area (Å²) in [5.74, 6) is -0.618. The van der Waals surface area contributed by atoms with Crippen molar-refractivity contribution in [3.63, 3.8) is 0 Å². The van der Waals surface area contributed by atoms with Gasteiger partial charge in [-0.05, 0) is 37.5 Å². The number of amides is 2. The van der Waals surface area contributed by atoms with Gasteiger partial charge < -0.3 is 10.6 Å². The Morgan fingerprint density at radius 3 is 2.67 bits per heavy atom. The molecule has 1 aliphatic carbocycles. The third kappa shape index (κ3) is 4.55. The number of hydrogen-bond donors (Lipinski definition) is 2. The number of rotatable bonds is 5. The summed E-state index contributed by atoms with van der Waals surface area (Å²) in [6.45, 7) is 2.07. The zero-order valence-corrected chi connectivity index (χ0v) is 12.2. The normalized spacial score (nSPS) is 15.0. The third-order valence-corrected chi connectivity index (χ3v) is 3.78.